The van der Waals surface area contributed by atoms with Gasteiger partial charge >= 0.3 is 0 Å². The topological polar surface area (TPSA) is 123 Å². The van der Waals surface area contributed by atoms with Gasteiger partial charge in [-0.05, 0) is 66.1 Å². The molecule has 1 aromatic carbocycles. The van der Waals surface area contributed by atoms with Crippen LogP contribution >= 0.6 is 0 Å². The van der Waals surface area contributed by atoms with Crippen molar-refractivity contribution in [2.24, 2.45) is 0 Å². The van der Waals surface area contributed by atoms with Crippen LogP contribution in [-0.4, -0.2) is 49.6 Å². The molecule has 1 aliphatic heterocycles. The highest BCUT2D eigenvalue weighted by atomic mass is 32.2. The first kappa shape index (κ1) is 22.9. The lowest BCUT2D eigenvalue weighted by molar-refractivity contribution is 0.102. The van der Waals surface area contributed by atoms with Crippen molar-refractivity contribution in [3.8, 4) is 11.5 Å². The van der Waals surface area contributed by atoms with E-state index >= 15 is 0 Å². The molecular weight excluding hydrogens is 449 g/mol. The number of aromatic nitrogens is 5. The number of fused-ring (bicyclic) bond motifs is 1. The Labute approximate surface area is 190 Å². The zero-order valence-corrected chi connectivity index (χ0v) is 19.3. The van der Waals surface area contributed by atoms with Gasteiger partial charge in [0.1, 0.15) is 17.3 Å². The molecule has 0 radical (unpaired) electrons. The van der Waals surface area contributed by atoms with E-state index in [2.05, 4.69) is 25.8 Å². The van der Waals surface area contributed by atoms with Gasteiger partial charge in [-0.1, -0.05) is 13.0 Å². The van der Waals surface area contributed by atoms with Crippen molar-refractivity contribution < 1.29 is 17.6 Å². The summed E-state index contributed by atoms with van der Waals surface area (Å²) >= 11 is 0. The van der Waals surface area contributed by atoms with Crippen LogP contribution in [0.25, 0.3) is 11.5 Å². The van der Waals surface area contributed by atoms with Crippen molar-refractivity contribution in [3.63, 3.8) is 0 Å². The van der Waals surface area contributed by atoms with E-state index in [4.69, 9.17) is 0 Å². The van der Waals surface area contributed by atoms with Crippen LogP contribution in [0.3, 0.4) is 0 Å². The number of hydrogen-bond donors (Lipinski definition) is 1. The third-order valence-electron chi connectivity index (χ3n) is 5.28. The van der Waals surface area contributed by atoms with E-state index in [1.165, 1.54) is 16.4 Å². The number of benzene rings is 1. The second-order valence-electron chi connectivity index (χ2n) is 8.09. The molecular formula is C21H24FN7O3S. The average Bonchev–Trinajstić information content (AvgIpc) is 3.40. The van der Waals surface area contributed by atoms with Crippen molar-refractivity contribution in [3.05, 3.63) is 52.8 Å². The highest BCUT2D eigenvalue weighted by molar-refractivity contribution is 7.89. The smallest absolute Gasteiger partial charge is 0.259 e. The lowest BCUT2D eigenvalue weighted by Crippen LogP contribution is -2.27. The zero-order valence-electron chi connectivity index (χ0n) is 18.5. The minimum atomic E-state index is -3.43. The Kier molecular flexibility index (Phi) is 6.21. The van der Waals surface area contributed by atoms with Crippen molar-refractivity contribution >= 4 is 21.7 Å². The summed E-state index contributed by atoms with van der Waals surface area (Å²) in [6, 6.07) is 7.62. The molecule has 3 aromatic rings. The molecule has 0 saturated heterocycles. The quantitative estimate of drug-likeness (QED) is 0.560. The van der Waals surface area contributed by atoms with Crippen LogP contribution in [0.4, 0.5) is 10.2 Å². The Bertz CT molecular complexity index is 1310. The molecule has 1 N–H and O–H groups in total. The van der Waals surface area contributed by atoms with Crippen LogP contribution in [0.1, 0.15) is 54.7 Å². The van der Waals surface area contributed by atoms with Gasteiger partial charge < -0.3 is 5.32 Å². The van der Waals surface area contributed by atoms with Gasteiger partial charge in [0.15, 0.2) is 0 Å². The van der Waals surface area contributed by atoms with Crippen LogP contribution in [0.15, 0.2) is 30.3 Å². The average molecular weight is 474 g/mol. The normalized spacial score (nSPS) is 14.0. The van der Waals surface area contributed by atoms with E-state index in [0.717, 1.165) is 0 Å². The number of amides is 1. The fraction of sp³-hybridized carbons (Fsp3) is 0.381. The van der Waals surface area contributed by atoms with E-state index in [-0.39, 0.29) is 36.3 Å². The van der Waals surface area contributed by atoms with Crippen LogP contribution in [0.2, 0.25) is 0 Å². The van der Waals surface area contributed by atoms with E-state index in [0.29, 0.717) is 29.1 Å². The third kappa shape index (κ3) is 4.62. The summed E-state index contributed by atoms with van der Waals surface area (Å²) in [4.78, 5) is 17.2. The van der Waals surface area contributed by atoms with E-state index in [9.17, 15) is 17.6 Å². The molecule has 33 heavy (non-hydrogen) atoms. The predicted molar refractivity (Wildman–Crippen MR) is 119 cm³/mol. The lowest BCUT2D eigenvalue weighted by atomic mass is 10.1. The van der Waals surface area contributed by atoms with Gasteiger partial charge in [-0.3, -0.25) is 4.79 Å². The maximum absolute atomic E-state index is 14.7. The van der Waals surface area contributed by atoms with Crippen LogP contribution in [-0.2, 0) is 23.1 Å². The number of anilines is 1. The van der Waals surface area contributed by atoms with E-state index < -0.39 is 21.7 Å². The summed E-state index contributed by atoms with van der Waals surface area (Å²) in [7, 11) is -3.43. The van der Waals surface area contributed by atoms with Gasteiger partial charge in [-0.15, -0.1) is 5.10 Å². The summed E-state index contributed by atoms with van der Waals surface area (Å²) < 4.78 is 42.4. The molecule has 3 heterocycles. The molecule has 0 atom stereocenters. The van der Waals surface area contributed by atoms with Crippen LogP contribution < -0.4 is 5.32 Å². The largest absolute Gasteiger partial charge is 0.306 e. The number of halogens is 1. The molecule has 12 heteroatoms. The molecule has 1 amide bonds. The van der Waals surface area contributed by atoms with Crippen molar-refractivity contribution in [1.82, 2.24) is 29.5 Å². The molecule has 10 nitrogen and oxygen atoms in total. The maximum Gasteiger partial charge on any atom is 0.259 e. The summed E-state index contributed by atoms with van der Waals surface area (Å²) in [6.07, 6.45) is 0.493. The maximum atomic E-state index is 14.7. The Morgan fingerprint density at radius 1 is 1.21 bits per heavy atom. The van der Waals surface area contributed by atoms with Crippen molar-refractivity contribution in [1.29, 1.82) is 0 Å². The molecule has 0 aliphatic carbocycles. The fourth-order valence-corrected chi connectivity index (χ4v) is 5.12. The number of rotatable bonds is 7. The first-order valence-electron chi connectivity index (χ1n) is 10.6. The molecule has 2 aromatic heterocycles. The molecule has 0 bridgehead atoms. The minimum absolute atomic E-state index is 0.0104. The summed E-state index contributed by atoms with van der Waals surface area (Å²) in [6.45, 7) is 5.86. The Balaban J connectivity index is 1.56. The van der Waals surface area contributed by atoms with Crippen molar-refractivity contribution in [2.45, 2.75) is 46.3 Å². The SMILES string of the molecule is CCCS(=O)(=O)N1Cc2cc(F)c(C(=O)Nc3cccc(-c4nnnn4C(C)C)n3)cc2C1. The van der Waals surface area contributed by atoms with Gasteiger partial charge in [0.25, 0.3) is 5.91 Å². The highest BCUT2D eigenvalue weighted by Gasteiger charge is 2.30. The molecule has 174 valence electrons. The summed E-state index contributed by atoms with van der Waals surface area (Å²) in [5.41, 5.74) is 1.45. The minimum Gasteiger partial charge on any atom is -0.306 e. The number of nitrogens with one attached hydrogen (secondary N) is 1. The number of sulfonamides is 1. The van der Waals surface area contributed by atoms with Crippen LogP contribution in [0, 0.1) is 5.82 Å². The first-order valence-corrected chi connectivity index (χ1v) is 12.2. The monoisotopic (exact) mass is 473 g/mol. The highest BCUT2D eigenvalue weighted by Crippen LogP contribution is 2.29. The van der Waals surface area contributed by atoms with Gasteiger partial charge in [-0.25, -0.2) is 22.5 Å². The standard InChI is InChI=1S/C21H24FN7O3S/c1-4-8-33(31,32)28-11-14-9-16(17(22)10-15(14)12-28)21(30)24-19-7-5-6-18(23-19)20-25-26-27-29(20)13(2)3/h5-7,9-10,13H,4,8,11-12H2,1-3H3,(H,23,24,30). The number of hydrogen-bond acceptors (Lipinski definition) is 7. The molecule has 0 spiro atoms. The van der Waals surface area contributed by atoms with Crippen molar-refractivity contribution in [2.75, 3.05) is 11.1 Å². The van der Waals surface area contributed by atoms with Gasteiger partial charge in [0.2, 0.25) is 15.8 Å². The molecule has 0 unspecified atom stereocenters. The number of nitrogens with zero attached hydrogens (tertiary/aromatic N) is 6. The predicted octanol–water partition coefficient (Wildman–Crippen LogP) is 2.76. The summed E-state index contributed by atoms with van der Waals surface area (Å²) in [5, 5.41) is 14.2. The lowest BCUT2D eigenvalue weighted by Gasteiger charge is -2.14. The van der Waals surface area contributed by atoms with Gasteiger partial charge in [-0.2, -0.15) is 4.31 Å². The van der Waals surface area contributed by atoms with E-state index in [1.807, 2.05) is 13.8 Å². The second kappa shape index (κ2) is 8.94. The number of tetrazole rings is 1. The number of pyridine rings is 1. The molecule has 4 rings (SSSR count). The summed E-state index contributed by atoms with van der Waals surface area (Å²) in [5.74, 6) is -0.723. The Hall–Kier alpha value is -3.25. The third-order valence-corrected chi connectivity index (χ3v) is 7.25. The number of carbonyl (C=O) groups is 1. The molecule has 0 saturated carbocycles. The van der Waals surface area contributed by atoms with Gasteiger partial charge in [0, 0.05) is 13.1 Å². The number of carbonyl (C=O) groups excluding carboxylic acids is 1. The fourth-order valence-electron chi connectivity index (χ4n) is 3.67. The molecule has 1 aliphatic rings. The zero-order chi connectivity index (χ0) is 23.8. The van der Waals surface area contributed by atoms with E-state index in [1.54, 1.807) is 29.8 Å². The first-order chi connectivity index (χ1) is 15.7. The van der Waals surface area contributed by atoms with Crippen LogP contribution in [0.5, 0.6) is 0 Å². The second-order valence-corrected chi connectivity index (χ2v) is 10.2. The van der Waals surface area contributed by atoms with Gasteiger partial charge in [0.05, 0.1) is 17.4 Å². The molecule has 0 fully saturated rings. The Morgan fingerprint density at radius 2 is 1.94 bits per heavy atom. The Morgan fingerprint density at radius 3 is 2.64 bits per heavy atom.